The van der Waals surface area contributed by atoms with Gasteiger partial charge in [0, 0.05) is 39.0 Å². The Labute approximate surface area is 159 Å². The van der Waals surface area contributed by atoms with Crippen LogP contribution in [0.15, 0.2) is 6.20 Å². The maximum Gasteiger partial charge on any atom is 0.223 e. The van der Waals surface area contributed by atoms with Crippen LogP contribution in [-0.4, -0.2) is 68.9 Å². The second kappa shape index (κ2) is 7.96. The first-order chi connectivity index (χ1) is 13.1. The number of piperidine rings is 1. The van der Waals surface area contributed by atoms with Crippen molar-refractivity contribution >= 4 is 11.8 Å². The van der Waals surface area contributed by atoms with Gasteiger partial charge in [-0.25, -0.2) is 4.68 Å². The molecule has 8 heteroatoms. The number of hydrogen-bond acceptors (Lipinski definition) is 5. The van der Waals surface area contributed by atoms with Gasteiger partial charge < -0.3 is 14.5 Å². The van der Waals surface area contributed by atoms with Gasteiger partial charge in [0.15, 0.2) is 0 Å². The SMILES string of the molecule is CN(C(=O)CCC(=O)N1CC[C@@H]2OCc3cnnn3[C@@H]2C1)C1CCCCC1. The molecule has 1 saturated heterocycles. The van der Waals surface area contributed by atoms with Crippen LogP contribution in [0.5, 0.6) is 0 Å². The van der Waals surface area contributed by atoms with Gasteiger partial charge in [0.25, 0.3) is 0 Å². The molecular weight excluding hydrogens is 346 g/mol. The summed E-state index contributed by atoms with van der Waals surface area (Å²) in [5, 5.41) is 8.14. The molecule has 1 aliphatic carbocycles. The summed E-state index contributed by atoms with van der Waals surface area (Å²) in [7, 11) is 1.89. The molecule has 3 aliphatic rings. The Bertz CT molecular complexity index is 685. The first-order valence-electron chi connectivity index (χ1n) is 10.2. The molecule has 148 valence electrons. The lowest BCUT2D eigenvalue weighted by Gasteiger charge is -2.41. The summed E-state index contributed by atoms with van der Waals surface area (Å²) in [6.45, 7) is 1.79. The second-order valence-corrected chi connectivity index (χ2v) is 8.01. The van der Waals surface area contributed by atoms with E-state index < -0.39 is 0 Å². The molecule has 0 N–H and O–H groups in total. The van der Waals surface area contributed by atoms with Crippen molar-refractivity contribution in [3.8, 4) is 0 Å². The minimum atomic E-state index is 0.0227. The highest BCUT2D eigenvalue weighted by Crippen LogP contribution is 2.30. The Morgan fingerprint density at radius 1 is 1.22 bits per heavy atom. The van der Waals surface area contributed by atoms with Crippen LogP contribution in [0.3, 0.4) is 0 Å². The van der Waals surface area contributed by atoms with E-state index in [1.165, 1.54) is 19.3 Å². The third kappa shape index (κ3) is 3.85. The number of fused-ring (bicyclic) bond motifs is 3. The highest BCUT2D eigenvalue weighted by atomic mass is 16.5. The summed E-state index contributed by atoms with van der Waals surface area (Å²) in [4.78, 5) is 28.9. The van der Waals surface area contributed by atoms with Gasteiger partial charge in [-0.2, -0.15) is 0 Å². The van der Waals surface area contributed by atoms with Crippen molar-refractivity contribution < 1.29 is 14.3 Å². The Morgan fingerprint density at radius 3 is 2.85 bits per heavy atom. The van der Waals surface area contributed by atoms with E-state index in [4.69, 9.17) is 4.74 Å². The van der Waals surface area contributed by atoms with Gasteiger partial charge in [-0.3, -0.25) is 9.59 Å². The quantitative estimate of drug-likeness (QED) is 0.797. The molecule has 0 spiro atoms. The molecule has 1 aromatic heterocycles. The number of carbonyl (C=O) groups excluding carboxylic acids is 2. The lowest BCUT2D eigenvalue weighted by Crippen LogP contribution is -2.50. The number of hydrogen-bond donors (Lipinski definition) is 0. The van der Waals surface area contributed by atoms with E-state index >= 15 is 0 Å². The van der Waals surface area contributed by atoms with E-state index in [2.05, 4.69) is 10.3 Å². The highest BCUT2D eigenvalue weighted by Gasteiger charge is 2.37. The number of aromatic nitrogens is 3. The van der Waals surface area contributed by atoms with Gasteiger partial charge in [0.1, 0.15) is 0 Å². The lowest BCUT2D eigenvalue weighted by atomic mass is 9.94. The number of carbonyl (C=O) groups is 2. The summed E-state index contributed by atoms with van der Waals surface area (Å²) in [5.41, 5.74) is 0.954. The number of nitrogens with zero attached hydrogens (tertiary/aromatic N) is 5. The van der Waals surface area contributed by atoms with Crippen LogP contribution < -0.4 is 0 Å². The number of rotatable bonds is 4. The number of amides is 2. The molecule has 1 saturated carbocycles. The van der Waals surface area contributed by atoms with Crippen molar-refractivity contribution in [1.29, 1.82) is 0 Å². The van der Waals surface area contributed by atoms with Crippen LogP contribution in [0.25, 0.3) is 0 Å². The average molecular weight is 375 g/mol. The maximum atomic E-state index is 12.7. The van der Waals surface area contributed by atoms with Crippen LogP contribution in [0.2, 0.25) is 0 Å². The minimum absolute atomic E-state index is 0.0227. The predicted molar refractivity (Wildman–Crippen MR) is 97.7 cm³/mol. The minimum Gasteiger partial charge on any atom is -0.370 e. The van der Waals surface area contributed by atoms with Crippen molar-refractivity contribution in [3.63, 3.8) is 0 Å². The summed E-state index contributed by atoms with van der Waals surface area (Å²) in [6, 6.07) is 0.372. The average Bonchev–Trinajstić information content (AvgIpc) is 3.20. The van der Waals surface area contributed by atoms with Gasteiger partial charge in [-0.05, 0) is 19.3 Å². The van der Waals surface area contributed by atoms with E-state index in [0.29, 0.717) is 32.2 Å². The molecule has 3 heterocycles. The third-order valence-corrected chi connectivity index (χ3v) is 6.35. The van der Waals surface area contributed by atoms with Crippen molar-refractivity contribution in [2.45, 2.75) is 76.2 Å². The molecule has 8 nitrogen and oxygen atoms in total. The van der Waals surface area contributed by atoms with Crippen LogP contribution in [0.1, 0.15) is 63.1 Å². The lowest BCUT2D eigenvalue weighted by molar-refractivity contribution is -0.141. The van der Waals surface area contributed by atoms with Gasteiger partial charge in [-0.1, -0.05) is 24.5 Å². The normalized spacial score (nSPS) is 25.6. The fourth-order valence-electron chi connectivity index (χ4n) is 4.63. The molecule has 2 fully saturated rings. The maximum absolute atomic E-state index is 12.7. The molecule has 0 unspecified atom stereocenters. The first kappa shape index (κ1) is 18.4. The van der Waals surface area contributed by atoms with E-state index in [1.54, 1.807) is 6.20 Å². The summed E-state index contributed by atoms with van der Waals surface area (Å²) in [5.74, 6) is 0.135. The van der Waals surface area contributed by atoms with Crippen LogP contribution >= 0.6 is 0 Å². The number of ether oxygens (including phenoxy) is 1. The highest BCUT2D eigenvalue weighted by molar-refractivity contribution is 5.84. The van der Waals surface area contributed by atoms with Crippen LogP contribution in [0, 0.1) is 0 Å². The molecular formula is C19H29N5O3. The Kier molecular flexibility index (Phi) is 5.43. The summed E-state index contributed by atoms with van der Waals surface area (Å²) >= 11 is 0. The summed E-state index contributed by atoms with van der Waals surface area (Å²) < 4.78 is 7.79. The monoisotopic (exact) mass is 375 g/mol. The van der Waals surface area contributed by atoms with Gasteiger partial charge in [-0.15, -0.1) is 5.10 Å². The third-order valence-electron chi connectivity index (χ3n) is 6.35. The first-order valence-corrected chi connectivity index (χ1v) is 10.2. The van der Waals surface area contributed by atoms with Crippen molar-refractivity contribution in [2.24, 2.45) is 0 Å². The van der Waals surface area contributed by atoms with Gasteiger partial charge in [0.2, 0.25) is 11.8 Å². The largest absolute Gasteiger partial charge is 0.370 e. The van der Waals surface area contributed by atoms with E-state index in [9.17, 15) is 9.59 Å². The van der Waals surface area contributed by atoms with E-state index in [-0.39, 0.29) is 30.4 Å². The Morgan fingerprint density at radius 2 is 2.04 bits per heavy atom. The van der Waals surface area contributed by atoms with Crippen molar-refractivity contribution in [1.82, 2.24) is 24.8 Å². The zero-order valence-corrected chi connectivity index (χ0v) is 16.0. The Hall–Kier alpha value is -1.96. The van der Waals surface area contributed by atoms with Gasteiger partial charge >= 0.3 is 0 Å². The van der Waals surface area contributed by atoms with Gasteiger partial charge in [0.05, 0.1) is 30.6 Å². The van der Waals surface area contributed by atoms with Crippen LogP contribution in [-0.2, 0) is 20.9 Å². The van der Waals surface area contributed by atoms with E-state index in [1.807, 2.05) is 21.5 Å². The smallest absolute Gasteiger partial charge is 0.223 e. The topological polar surface area (TPSA) is 80.6 Å². The van der Waals surface area contributed by atoms with E-state index in [0.717, 1.165) is 25.0 Å². The standard InChI is InChI=1S/C19H29N5O3/c1-22(14-5-3-2-4-6-14)18(25)7-8-19(26)23-10-9-17-16(12-23)24-15(13-27-17)11-20-21-24/h11,14,16-17H,2-10,12-13H2,1H3/t16-,17+/m1/s1. The molecule has 2 amide bonds. The molecule has 2 atom stereocenters. The van der Waals surface area contributed by atoms with Crippen LogP contribution in [0.4, 0.5) is 0 Å². The molecule has 0 bridgehead atoms. The summed E-state index contributed by atoms with van der Waals surface area (Å²) in [6.07, 6.45) is 9.01. The molecule has 1 aromatic rings. The molecule has 0 aromatic carbocycles. The molecule has 4 rings (SSSR count). The fraction of sp³-hybridized carbons (Fsp3) is 0.789. The zero-order chi connectivity index (χ0) is 18.8. The predicted octanol–water partition coefficient (Wildman–Crippen LogP) is 1.52. The van der Waals surface area contributed by atoms with Crippen molar-refractivity contribution in [3.05, 3.63) is 11.9 Å². The van der Waals surface area contributed by atoms with Crippen molar-refractivity contribution in [2.75, 3.05) is 20.1 Å². The molecule has 0 radical (unpaired) electrons. The Balaban J connectivity index is 1.29. The second-order valence-electron chi connectivity index (χ2n) is 8.01. The molecule has 2 aliphatic heterocycles. The fourth-order valence-corrected chi connectivity index (χ4v) is 4.63. The number of likely N-dealkylation sites (tertiary alicyclic amines) is 1. The molecule has 27 heavy (non-hydrogen) atoms. The zero-order valence-electron chi connectivity index (χ0n) is 16.0.